The smallest absolute Gasteiger partial charge is 0.191 e. The van der Waals surface area contributed by atoms with Gasteiger partial charge in [0.1, 0.15) is 0 Å². The van der Waals surface area contributed by atoms with Crippen LogP contribution in [0.4, 0.5) is 0 Å². The number of aliphatic imine (C=N–C) groups is 1. The lowest BCUT2D eigenvalue weighted by Crippen LogP contribution is -2.45. The van der Waals surface area contributed by atoms with E-state index in [0.29, 0.717) is 18.5 Å². The van der Waals surface area contributed by atoms with Gasteiger partial charge in [-0.1, -0.05) is 44.2 Å². The van der Waals surface area contributed by atoms with Gasteiger partial charge in [-0.25, -0.2) is 0 Å². The zero-order valence-corrected chi connectivity index (χ0v) is 15.9. The molecular formula is C16H28IN3O. The largest absolute Gasteiger partial charge is 0.375 e. The van der Waals surface area contributed by atoms with E-state index in [-0.39, 0.29) is 30.1 Å². The van der Waals surface area contributed by atoms with Crippen molar-refractivity contribution in [1.29, 1.82) is 0 Å². The maximum Gasteiger partial charge on any atom is 0.191 e. The van der Waals surface area contributed by atoms with Crippen molar-refractivity contribution in [3.63, 3.8) is 0 Å². The molecule has 2 atom stereocenters. The highest BCUT2D eigenvalue weighted by molar-refractivity contribution is 14.0. The molecule has 0 heterocycles. The number of hydrogen-bond donors (Lipinski definition) is 2. The summed E-state index contributed by atoms with van der Waals surface area (Å²) < 4.78 is 5.54. The van der Waals surface area contributed by atoms with E-state index in [0.717, 1.165) is 11.5 Å². The van der Waals surface area contributed by atoms with Gasteiger partial charge in [0.25, 0.3) is 0 Å². The van der Waals surface area contributed by atoms with Crippen LogP contribution in [-0.4, -0.2) is 32.7 Å². The topological polar surface area (TPSA) is 45.7 Å². The molecule has 0 aliphatic heterocycles. The average Bonchev–Trinajstić information content (AvgIpc) is 2.47. The van der Waals surface area contributed by atoms with Gasteiger partial charge in [0.2, 0.25) is 0 Å². The maximum atomic E-state index is 5.54. The summed E-state index contributed by atoms with van der Waals surface area (Å²) in [5.74, 6) is 1.37. The minimum absolute atomic E-state index is 0. The molecule has 1 rings (SSSR count). The van der Waals surface area contributed by atoms with Crippen LogP contribution < -0.4 is 10.6 Å². The fourth-order valence-electron chi connectivity index (χ4n) is 1.77. The number of nitrogens with zero attached hydrogens (tertiary/aromatic N) is 1. The zero-order chi connectivity index (χ0) is 15.0. The fourth-order valence-corrected chi connectivity index (χ4v) is 1.77. The number of rotatable bonds is 6. The van der Waals surface area contributed by atoms with Gasteiger partial charge in [0.15, 0.2) is 5.96 Å². The van der Waals surface area contributed by atoms with Crippen LogP contribution in [0.3, 0.4) is 0 Å². The molecule has 1 aromatic rings. The summed E-state index contributed by atoms with van der Waals surface area (Å²) in [6.07, 6.45) is 0.0177. The molecule has 5 heteroatoms. The van der Waals surface area contributed by atoms with Crippen molar-refractivity contribution in [2.45, 2.75) is 32.9 Å². The highest BCUT2D eigenvalue weighted by Crippen LogP contribution is 2.14. The molecule has 0 spiro atoms. The van der Waals surface area contributed by atoms with Gasteiger partial charge < -0.3 is 15.4 Å². The molecule has 21 heavy (non-hydrogen) atoms. The van der Waals surface area contributed by atoms with Crippen molar-refractivity contribution in [3.05, 3.63) is 35.9 Å². The van der Waals surface area contributed by atoms with Crippen molar-refractivity contribution >= 4 is 29.9 Å². The number of ether oxygens (including phenoxy) is 1. The molecule has 0 amide bonds. The Morgan fingerprint density at radius 1 is 1.19 bits per heavy atom. The van der Waals surface area contributed by atoms with Crippen molar-refractivity contribution < 1.29 is 4.74 Å². The van der Waals surface area contributed by atoms with E-state index in [2.05, 4.69) is 48.5 Å². The molecule has 120 valence electrons. The van der Waals surface area contributed by atoms with Crippen LogP contribution in [0, 0.1) is 5.92 Å². The van der Waals surface area contributed by atoms with E-state index < -0.39 is 0 Å². The summed E-state index contributed by atoms with van der Waals surface area (Å²) in [5.41, 5.74) is 1.16. The van der Waals surface area contributed by atoms with Gasteiger partial charge in [-0.3, -0.25) is 4.99 Å². The Balaban J connectivity index is 0.00000400. The molecule has 0 radical (unpaired) electrons. The van der Waals surface area contributed by atoms with E-state index in [4.69, 9.17) is 4.74 Å². The summed E-state index contributed by atoms with van der Waals surface area (Å²) in [6.45, 7) is 7.22. The third-order valence-corrected chi connectivity index (χ3v) is 3.50. The van der Waals surface area contributed by atoms with Crippen LogP contribution in [0.5, 0.6) is 0 Å². The highest BCUT2D eigenvalue weighted by atomic mass is 127. The lowest BCUT2D eigenvalue weighted by molar-refractivity contribution is 0.106. The number of methoxy groups -OCH3 is 1. The van der Waals surface area contributed by atoms with Crippen molar-refractivity contribution in [1.82, 2.24) is 10.6 Å². The van der Waals surface area contributed by atoms with Gasteiger partial charge in [0, 0.05) is 26.7 Å². The molecule has 2 unspecified atom stereocenters. The van der Waals surface area contributed by atoms with Gasteiger partial charge in [-0.15, -0.1) is 24.0 Å². The van der Waals surface area contributed by atoms with Gasteiger partial charge >= 0.3 is 0 Å². The predicted molar refractivity (Wildman–Crippen MR) is 100 cm³/mol. The van der Waals surface area contributed by atoms with Crippen LogP contribution in [-0.2, 0) is 4.74 Å². The average molecular weight is 405 g/mol. The summed E-state index contributed by atoms with van der Waals surface area (Å²) in [4.78, 5) is 4.25. The van der Waals surface area contributed by atoms with Gasteiger partial charge in [-0.2, -0.15) is 0 Å². The molecule has 0 aliphatic carbocycles. The Bertz CT molecular complexity index is 409. The third-order valence-electron chi connectivity index (χ3n) is 3.50. The monoisotopic (exact) mass is 405 g/mol. The van der Waals surface area contributed by atoms with E-state index in [1.54, 1.807) is 14.2 Å². The Morgan fingerprint density at radius 3 is 2.29 bits per heavy atom. The standard InChI is InChI=1S/C16H27N3O.HI/c1-12(2)13(3)19-16(17-4)18-11-15(20-5)14-9-7-6-8-10-14;/h6-10,12-13,15H,11H2,1-5H3,(H2,17,18,19);1H. The van der Waals surface area contributed by atoms with Gasteiger partial charge in [0.05, 0.1) is 6.10 Å². The second kappa shape index (κ2) is 10.8. The van der Waals surface area contributed by atoms with Gasteiger partial charge in [-0.05, 0) is 18.4 Å². The van der Waals surface area contributed by atoms with Crippen molar-refractivity contribution in [3.8, 4) is 0 Å². The first-order valence-electron chi connectivity index (χ1n) is 7.13. The van der Waals surface area contributed by atoms with Crippen LogP contribution in [0.15, 0.2) is 35.3 Å². The zero-order valence-electron chi connectivity index (χ0n) is 13.6. The molecule has 0 aliphatic rings. The highest BCUT2D eigenvalue weighted by Gasteiger charge is 2.13. The molecular weight excluding hydrogens is 377 g/mol. The van der Waals surface area contributed by atoms with Crippen LogP contribution in [0.25, 0.3) is 0 Å². The summed E-state index contributed by atoms with van der Waals surface area (Å²) >= 11 is 0. The molecule has 2 N–H and O–H groups in total. The Hall–Kier alpha value is -0.820. The first kappa shape index (κ1) is 20.2. The van der Waals surface area contributed by atoms with E-state index in [1.165, 1.54) is 0 Å². The summed E-state index contributed by atoms with van der Waals surface area (Å²) in [6, 6.07) is 10.6. The second-order valence-electron chi connectivity index (χ2n) is 5.27. The van der Waals surface area contributed by atoms with E-state index in [1.807, 2.05) is 18.2 Å². The lowest BCUT2D eigenvalue weighted by atomic mass is 10.1. The number of hydrogen-bond acceptors (Lipinski definition) is 2. The third kappa shape index (κ3) is 7.13. The fraction of sp³-hybridized carbons (Fsp3) is 0.562. The minimum Gasteiger partial charge on any atom is -0.375 e. The normalized spacial score (nSPS) is 14.3. The molecule has 0 aromatic heterocycles. The molecule has 0 fully saturated rings. The number of halogens is 1. The quantitative estimate of drug-likeness (QED) is 0.434. The van der Waals surface area contributed by atoms with Crippen molar-refractivity contribution in [2.75, 3.05) is 20.7 Å². The van der Waals surface area contributed by atoms with Crippen LogP contribution >= 0.6 is 24.0 Å². The van der Waals surface area contributed by atoms with E-state index in [9.17, 15) is 0 Å². The predicted octanol–water partition coefficient (Wildman–Crippen LogP) is 3.20. The summed E-state index contributed by atoms with van der Waals surface area (Å²) in [5, 5.41) is 6.70. The van der Waals surface area contributed by atoms with E-state index >= 15 is 0 Å². The second-order valence-corrected chi connectivity index (χ2v) is 5.27. The first-order valence-corrected chi connectivity index (χ1v) is 7.13. The van der Waals surface area contributed by atoms with Crippen LogP contribution in [0.2, 0.25) is 0 Å². The molecule has 0 bridgehead atoms. The summed E-state index contributed by atoms with van der Waals surface area (Å²) in [7, 11) is 3.51. The number of nitrogens with one attached hydrogen (secondary N) is 2. The Kier molecular flexibility index (Phi) is 10.4. The SMILES string of the molecule is CN=C(NCC(OC)c1ccccc1)NC(C)C(C)C.I. The van der Waals surface area contributed by atoms with Crippen molar-refractivity contribution in [2.24, 2.45) is 10.9 Å². The Morgan fingerprint density at radius 2 is 1.81 bits per heavy atom. The number of benzene rings is 1. The Labute approximate surface area is 145 Å². The minimum atomic E-state index is 0. The molecule has 0 saturated carbocycles. The molecule has 0 saturated heterocycles. The molecule has 1 aromatic carbocycles. The maximum absolute atomic E-state index is 5.54. The van der Waals surface area contributed by atoms with Crippen LogP contribution in [0.1, 0.15) is 32.4 Å². The molecule has 4 nitrogen and oxygen atoms in total. The lowest BCUT2D eigenvalue weighted by Gasteiger charge is -2.23. The number of guanidine groups is 1. The first-order chi connectivity index (χ1) is 9.58.